The number of ether oxygens (including phenoxy) is 2. The highest BCUT2D eigenvalue weighted by Gasteiger charge is 2.34. The molecule has 162 valence electrons. The van der Waals surface area contributed by atoms with Crippen LogP contribution in [0.15, 0.2) is 30.5 Å². The summed E-state index contributed by atoms with van der Waals surface area (Å²) in [5.41, 5.74) is -2.87. The standard InChI is InChI=1S/C19H19F4N3O4/c1-18(2,3)30-17(28)26-14-9-24-15(29-4)8-11(14)16(27)25-10-5-6-13(20)12(7-10)19(21,22)23/h5-9H,1-4H3,(H,25,27)(H,26,28). The molecule has 0 saturated heterocycles. The molecule has 0 aliphatic rings. The number of aromatic nitrogens is 1. The van der Waals surface area contributed by atoms with Gasteiger partial charge in [0.15, 0.2) is 0 Å². The second-order valence-corrected chi connectivity index (χ2v) is 7.05. The first-order valence-electron chi connectivity index (χ1n) is 8.52. The summed E-state index contributed by atoms with van der Waals surface area (Å²) in [5, 5.41) is 4.58. The third-order valence-electron chi connectivity index (χ3n) is 3.50. The van der Waals surface area contributed by atoms with E-state index < -0.39 is 35.2 Å². The molecule has 2 amide bonds. The minimum atomic E-state index is -4.94. The third-order valence-corrected chi connectivity index (χ3v) is 3.50. The molecule has 0 aliphatic carbocycles. The van der Waals surface area contributed by atoms with Crippen molar-refractivity contribution in [1.29, 1.82) is 0 Å². The van der Waals surface area contributed by atoms with Gasteiger partial charge in [0.1, 0.15) is 11.4 Å². The number of pyridine rings is 1. The average Bonchev–Trinajstić information content (AvgIpc) is 2.61. The van der Waals surface area contributed by atoms with Gasteiger partial charge in [0.05, 0.1) is 30.1 Å². The maximum Gasteiger partial charge on any atom is 0.419 e. The molecule has 1 heterocycles. The number of rotatable bonds is 4. The molecule has 1 aromatic heterocycles. The number of anilines is 2. The maximum atomic E-state index is 13.4. The van der Waals surface area contributed by atoms with E-state index in [0.717, 1.165) is 12.3 Å². The molecular formula is C19H19F4N3O4. The minimum absolute atomic E-state index is 0.0185. The highest BCUT2D eigenvalue weighted by atomic mass is 19.4. The lowest BCUT2D eigenvalue weighted by atomic mass is 10.1. The number of nitrogens with zero attached hydrogens (tertiary/aromatic N) is 1. The van der Waals surface area contributed by atoms with Crippen molar-refractivity contribution in [3.63, 3.8) is 0 Å². The van der Waals surface area contributed by atoms with Gasteiger partial charge in [0.2, 0.25) is 5.88 Å². The molecule has 2 aromatic rings. The molecule has 0 saturated carbocycles. The first-order valence-corrected chi connectivity index (χ1v) is 8.52. The highest BCUT2D eigenvalue weighted by Crippen LogP contribution is 2.33. The van der Waals surface area contributed by atoms with Gasteiger partial charge in [-0.05, 0) is 39.0 Å². The van der Waals surface area contributed by atoms with E-state index >= 15 is 0 Å². The van der Waals surface area contributed by atoms with Gasteiger partial charge in [-0.25, -0.2) is 14.2 Å². The molecule has 0 bridgehead atoms. The zero-order valence-corrected chi connectivity index (χ0v) is 16.5. The Kier molecular flexibility index (Phi) is 6.53. The summed E-state index contributed by atoms with van der Waals surface area (Å²) in [5.74, 6) is -2.34. The van der Waals surface area contributed by atoms with Crippen LogP contribution in [0.2, 0.25) is 0 Å². The SMILES string of the molecule is COc1cc(C(=O)Nc2ccc(F)c(C(F)(F)F)c2)c(NC(=O)OC(C)(C)C)cn1. The largest absolute Gasteiger partial charge is 0.481 e. The van der Waals surface area contributed by atoms with E-state index in [4.69, 9.17) is 9.47 Å². The molecular weight excluding hydrogens is 410 g/mol. The van der Waals surface area contributed by atoms with E-state index in [-0.39, 0.29) is 22.8 Å². The average molecular weight is 429 g/mol. The van der Waals surface area contributed by atoms with Crippen molar-refractivity contribution in [3.8, 4) is 5.88 Å². The molecule has 0 atom stereocenters. The van der Waals surface area contributed by atoms with Crippen molar-refractivity contribution in [2.75, 3.05) is 17.7 Å². The Morgan fingerprint density at radius 2 is 1.73 bits per heavy atom. The lowest BCUT2D eigenvalue weighted by molar-refractivity contribution is -0.139. The number of methoxy groups -OCH3 is 1. The molecule has 2 rings (SSSR count). The van der Waals surface area contributed by atoms with Crippen LogP contribution in [0.5, 0.6) is 5.88 Å². The van der Waals surface area contributed by atoms with Crippen molar-refractivity contribution in [2.24, 2.45) is 0 Å². The molecule has 1 aromatic carbocycles. The van der Waals surface area contributed by atoms with Crippen LogP contribution < -0.4 is 15.4 Å². The fourth-order valence-electron chi connectivity index (χ4n) is 2.27. The first kappa shape index (κ1) is 22.9. The molecule has 0 unspecified atom stereocenters. The lowest BCUT2D eigenvalue weighted by Crippen LogP contribution is -2.28. The summed E-state index contributed by atoms with van der Waals surface area (Å²) >= 11 is 0. The second kappa shape index (κ2) is 8.56. The zero-order valence-electron chi connectivity index (χ0n) is 16.5. The fraction of sp³-hybridized carbons (Fsp3) is 0.316. The van der Waals surface area contributed by atoms with E-state index in [9.17, 15) is 27.2 Å². The van der Waals surface area contributed by atoms with Gasteiger partial charge >= 0.3 is 12.3 Å². The number of halogens is 4. The summed E-state index contributed by atoms with van der Waals surface area (Å²) in [7, 11) is 1.29. The summed E-state index contributed by atoms with van der Waals surface area (Å²) in [6, 6.07) is 3.20. The quantitative estimate of drug-likeness (QED) is 0.679. The van der Waals surface area contributed by atoms with Crippen molar-refractivity contribution < 1.29 is 36.6 Å². The Labute approximate surface area is 169 Å². The number of carbonyl (C=O) groups is 2. The Morgan fingerprint density at radius 1 is 1.07 bits per heavy atom. The monoisotopic (exact) mass is 429 g/mol. The second-order valence-electron chi connectivity index (χ2n) is 7.05. The number of benzene rings is 1. The normalized spacial score (nSPS) is 11.6. The van der Waals surface area contributed by atoms with Crippen molar-refractivity contribution in [3.05, 3.63) is 47.4 Å². The molecule has 0 aliphatic heterocycles. The number of hydrogen-bond acceptors (Lipinski definition) is 5. The molecule has 0 spiro atoms. The van der Waals surface area contributed by atoms with Crippen molar-refractivity contribution in [1.82, 2.24) is 4.98 Å². The van der Waals surface area contributed by atoms with Crippen LogP contribution in [0.25, 0.3) is 0 Å². The molecule has 30 heavy (non-hydrogen) atoms. The summed E-state index contributed by atoms with van der Waals surface area (Å²) in [4.78, 5) is 28.6. The fourth-order valence-corrected chi connectivity index (χ4v) is 2.27. The van der Waals surface area contributed by atoms with Crippen LogP contribution >= 0.6 is 0 Å². The smallest absolute Gasteiger partial charge is 0.419 e. The lowest BCUT2D eigenvalue weighted by Gasteiger charge is -2.20. The predicted octanol–water partition coefficient (Wildman–Crippen LogP) is 4.85. The highest BCUT2D eigenvalue weighted by molar-refractivity contribution is 6.09. The number of nitrogens with one attached hydrogen (secondary N) is 2. The topological polar surface area (TPSA) is 89.6 Å². The number of hydrogen-bond donors (Lipinski definition) is 2. The van der Waals surface area contributed by atoms with Crippen LogP contribution in [0.3, 0.4) is 0 Å². The van der Waals surface area contributed by atoms with Crippen LogP contribution in [-0.2, 0) is 10.9 Å². The van der Waals surface area contributed by atoms with Gasteiger partial charge in [-0.3, -0.25) is 10.1 Å². The van der Waals surface area contributed by atoms with Gasteiger partial charge < -0.3 is 14.8 Å². The van der Waals surface area contributed by atoms with Gasteiger partial charge in [0, 0.05) is 11.8 Å². The van der Waals surface area contributed by atoms with E-state index in [1.807, 2.05) is 0 Å². The van der Waals surface area contributed by atoms with E-state index in [1.54, 1.807) is 20.8 Å². The van der Waals surface area contributed by atoms with Crippen molar-refractivity contribution >= 4 is 23.4 Å². The number of carbonyl (C=O) groups excluding carboxylic acids is 2. The molecule has 11 heteroatoms. The number of amides is 2. The van der Waals surface area contributed by atoms with Crippen LogP contribution in [0, 0.1) is 5.82 Å². The first-order chi connectivity index (χ1) is 13.8. The minimum Gasteiger partial charge on any atom is -0.481 e. The Balaban J connectivity index is 2.33. The number of alkyl halides is 3. The van der Waals surface area contributed by atoms with E-state index in [1.165, 1.54) is 13.2 Å². The maximum absolute atomic E-state index is 13.4. The van der Waals surface area contributed by atoms with Gasteiger partial charge in [-0.15, -0.1) is 0 Å². The van der Waals surface area contributed by atoms with E-state index in [2.05, 4.69) is 15.6 Å². The van der Waals surface area contributed by atoms with Gasteiger partial charge in [0.25, 0.3) is 5.91 Å². The predicted molar refractivity (Wildman–Crippen MR) is 100 cm³/mol. The molecule has 7 nitrogen and oxygen atoms in total. The summed E-state index contributed by atoms with van der Waals surface area (Å²) in [6.45, 7) is 4.91. The molecule has 0 radical (unpaired) electrons. The van der Waals surface area contributed by atoms with Crippen molar-refractivity contribution in [2.45, 2.75) is 32.5 Å². The Bertz CT molecular complexity index is 956. The summed E-state index contributed by atoms with van der Waals surface area (Å²) in [6.07, 6.45) is -4.68. The van der Waals surface area contributed by atoms with Crippen LogP contribution in [-0.4, -0.2) is 29.7 Å². The molecule has 0 fully saturated rings. The van der Waals surface area contributed by atoms with Crippen LogP contribution in [0.4, 0.5) is 33.7 Å². The summed E-state index contributed by atoms with van der Waals surface area (Å²) < 4.78 is 62.2. The van der Waals surface area contributed by atoms with E-state index in [0.29, 0.717) is 12.1 Å². The van der Waals surface area contributed by atoms with Crippen LogP contribution in [0.1, 0.15) is 36.7 Å². The Hall–Kier alpha value is -3.37. The van der Waals surface area contributed by atoms with Gasteiger partial charge in [-0.2, -0.15) is 13.2 Å². The third kappa shape index (κ3) is 6.06. The molecule has 2 N–H and O–H groups in total. The zero-order chi connectivity index (χ0) is 22.7. The Morgan fingerprint density at radius 3 is 2.30 bits per heavy atom. The van der Waals surface area contributed by atoms with Gasteiger partial charge in [-0.1, -0.05) is 0 Å².